The number of fused-ring (bicyclic) bond motifs is 2. The number of carbonyl (C=O) groups is 1. The molecule has 3 heteroatoms. The van der Waals surface area contributed by atoms with E-state index in [1.54, 1.807) is 0 Å². The molecule has 3 nitrogen and oxygen atoms in total. The molecule has 2 rings (SSSR count). The molecule has 0 aliphatic heterocycles. The van der Waals surface area contributed by atoms with Crippen LogP contribution in [0.3, 0.4) is 0 Å². The van der Waals surface area contributed by atoms with Crippen molar-refractivity contribution in [2.45, 2.75) is 45.1 Å². The number of aliphatic carboxylic acids is 1. The molecule has 0 aromatic carbocycles. The van der Waals surface area contributed by atoms with Crippen LogP contribution in [0.1, 0.15) is 39.5 Å². The Hall–Kier alpha value is -0.570. The molecule has 2 bridgehead atoms. The van der Waals surface area contributed by atoms with E-state index in [1.165, 1.54) is 6.42 Å². The lowest BCUT2D eigenvalue weighted by Crippen LogP contribution is -2.57. The van der Waals surface area contributed by atoms with Crippen molar-refractivity contribution in [2.75, 3.05) is 13.1 Å². The number of likely N-dealkylation sites (N-methyl/N-ethyl adjacent to an activating group) is 1. The highest BCUT2D eigenvalue weighted by atomic mass is 16.4. The summed E-state index contributed by atoms with van der Waals surface area (Å²) in [4.78, 5) is 13.8. The third-order valence-corrected chi connectivity index (χ3v) is 4.51. The van der Waals surface area contributed by atoms with Crippen molar-refractivity contribution in [1.82, 2.24) is 4.90 Å². The highest BCUT2D eigenvalue weighted by Gasteiger charge is 2.58. The molecule has 3 unspecified atom stereocenters. The minimum Gasteiger partial charge on any atom is -0.480 e. The zero-order valence-electron chi connectivity index (χ0n) is 9.70. The average Bonchev–Trinajstić information content (AvgIpc) is 2.79. The lowest BCUT2D eigenvalue weighted by molar-refractivity contribution is -0.155. The van der Waals surface area contributed by atoms with Gasteiger partial charge in [0.05, 0.1) is 0 Å². The highest BCUT2D eigenvalue weighted by molar-refractivity contribution is 5.80. The topological polar surface area (TPSA) is 40.5 Å². The second-order valence-electron chi connectivity index (χ2n) is 4.98. The van der Waals surface area contributed by atoms with E-state index in [9.17, 15) is 9.90 Å². The summed E-state index contributed by atoms with van der Waals surface area (Å²) in [5.74, 6) is 0.491. The van der Waals surface area contributed by atoms with Gasteiger partial charge in [0.1, 0.15) is 5.54 Å². The molecule has 0 aromatic rings. The quantitative estimate of drug-likeness (QED) is 0.773. The van der Waals surface area contributed by atoms with Gasteiger partial charge in [-0.05, 0) is 44.2 Å². The molecule has 2 saturated carbocycles. The maximum Gasteiger partial charge on any atom is 0.324 e. The van der Waals surface area contributed by atoms with Crippen molar-refractivity contribution in [1.29, 1.82) is 0 Å². The number of nitrogens with zero attached hydrogens (tertiary/aromatic N) is 1. The van der Waals surface area contributed by atoms with Crippen LogP contribution in [0.5, 0.6) is 0 Å². The molecule has 0 saturated heterocycles. The first-order valence-corrected chi connectivity index (χ1v) is 6.13. The van der Waals surface area contributed by atoms with Crippen LogP contribution in [-0.2, 0) is 4.79 Å². The first-order chi connectivity index (χ1) is 7.15. The van der Waals surface area contributed by atoms with Crippen LogP contribution in [0.4, 0.5) is 0 Å². The largest absolute Gasteiger partial charge is 0.480 e. The smallest absolute Gasteiger partial charge is 0.324 e. The van der Waals surface area contributed by atoms with Gasteiger partial charge in [-0.3, -0.25) is 9.69 Å². The van der Waals surface area contributed by atoms with E-state index in [1.807, 2.05) is 0 Å². The molecule has 0 heterocycles. The number of hydrogen-bond acceptors (Lipinski definition) is 2. The average molecular weight is 211 g/mol. The van der Waals surface area contributed by atoms with Crippen molar-refractivity contribution in [3.63, 3.8) is 0 Å². The number of hydrogen-bond donors (Lipinski definition) is 1. The molecule has 2 fully saturated rings. The third-order valence-electron chi connectivity index (χ3n) is 4.51. The van der Waals surface area contributed by atoms with Gasteiger partial charge in [0.25, 0.3) is 0 Å². The molecule has 1 N–H and O–H groups in total. The Labute approximate surface area is 91.5 Å². The van der Waals surface area contributed by atoms with E-state index in [0.717, 1.165) is 32.4 Å². The van der Waals surface area contributed by atoms with Gasteiger partial charge < -0.3 is 5.11 Å². The summed E-state index contributed by atoms with van der Waals surface area (Å²) in [6, 6.07) is 0. The molecule has 0 radical (unpaired) electrons. The summed E-state index contributed by atoms with van der Waals surface area (Å²) in [7, 11) is 0. The molecule has 0 amide bonds. The van der Waals surface area contributed by atoms with Crippen molar-refractivity contribution in [3.05, 3.63) is 0 Å². The van der Waals surface area contributed by atoms with E-state index in [4.69, 9.17) is 0 Å². The monoisotopic (exact) mass is 211 g/mol. The van der Waals surface area contributed by atoms with Gasteiger partial charge in [0.15, 0.2) is 0 Å². The predicted molar refractivity (Wildman–Crippen MR) is 58.7 cm³/mol. The van der Waals surface area contributed by atoms with Gasteiger partial charge in [-0.15, -0.1) is 0 Å². The van der Waals surface area contributed by atoms with Crippen LogP contribution in [0.15, 0.2) is 0 Å². The van der Waals surface area contributed by atoms with E-state index in [2.05, 4.69) is 18.7 Å². The Balaban J connectivity index is 2.29. The van der Waals surface area contributed by atoms with Crippen LogP contribution >= 0.6 is 0 Å². The highest BCUT2D eigenvalue weighted by Crippen LogP contribution is 2.53. The lowest BCUT2D eigenvalue weighted by Gasteiger charge is -2.42. The van der Waals surface area contributed by atoms with Crippen molar-refractivity contribution >= 4 is 5.97 Å². The van der Waals surface area contributed by atoms with Gasteiger partial charge >= 0.3 is 5.97 Å². The first-order valence-electron chi connectivity index (χ1n) is 6.13. The lowest BCUT2D eigenvalue weighted by atomic mass is 9.79. The predicted octanol–water partition coefficient (Wildman–Crippen LogP) is 1.97. The van der Waals surface area contributed by atoms with Gasteiger partial charge in [0, 0.05) is 0 Å². The molecule has 0 aromatic heterocycles. The van der Waals surface area contributed by atoms with E-state index < -0.39 is 11.5 Å². The van der Waals surface area contributed by atoms with Crippen LogP contribution < -0.4 is 0 Å². The van der Waals surface area contributed by atoms with Crippen molar-refractivity contribution < 1.29 is 9.90 Å². The fourth-order valence-electron chi connectivity index (χ4n) is 3.87. The maximum absolute atomic E-state index is 11.6. The molecular weight excluding hydrogens is 190 g/mol. The molecule has 86 valence electrons. The minimum atomic E-state index is -0.585. The Morgan fingerprint density at radius 2 is 2.07 bits per heavy atom. The second kappa shape index (κ2) is 3.78. The summed E-state index contributed by atoms with van der Waals surface area (Å²) in [6.45, 7) is 5.85. The first kappa shape index (κ1) is 10.9. The molecule has 15 heavy (non-hydrogen) atoms. The number of rotatable bonds is 4. The standard InChI is InChI=1S/C12H21NO2/c1-3-13(4-2)12(11(14)15)8-9-5-6-10(12)7-9/h9-10H,3-8H2,1-2H3,(H,14,15). The fourth-order valence-corrected chi connectivity index (χ4v) is 3.87. The third kappa shape index (κ3) is 1.40. The maximum atomic E-state index is 11.6. The second-order valence-corrected chi connectivity index (χ2v) is 4.98. The van der Waals surface area contributed by atoms with Crippen LogP contribution in [0, 0.1) is 11.8 Å². The SMILES string of the molecule is CCN(CC)C1(C(=O)O)CC2CCC1C2. The van der Waals surface area contributed by atoms with Crippen LogP contribution in [-0.4, -0.2) is 34.6 Å². The summed E-state index contributed by atoms with van der Waals surface area (Å²) in [6.07, 6.45) is 4.39. The van der Waals surface area contributed by atoms with Gasteiger partial charge in [-0.1, -0.05) is 20.3 Å². The van der Waals surface area contributed by atoms with Crippen molar-refractivity contribution in [2.24, 2.45) is 11.8 Å². The Morgan fingerprint density at radius 3 is 2.40 bits per heavy atom. The molecule has 3 atom stereocenters. The molecular formula is C12H21NO2. The summed E-state index contributed by atoms with van der Waals surface area (Å²) < 4.78 is 0. The van der Waals surface area contributed by atoms with Crippen LogP contribution in [0.2, 0.25) is 0 Å². The molecule has 0 spiro atoms. The van der Waals surface area contributed by atoms with E-state index >= 15 is 0 Å². The Kier molecular flexibility index (Phi) is 2.75. The van der Waals surface area contributed by atoms with Crippen LogP contribution in [0.25, 0.3) is 0 Å². The zero-order valence-corrected chi connectivity index (χ0v) is 9.70. The Morgan fingerprint density at radius 1 is 1.40 bits per heavy atom. The molecule has 2 aliphatic rings. The van der Waals surface area contributed by atoms with E-state index in [0.29, 0.717) is 11.8 Å². The molecule has 2 aliphatic carbocycles. The number of carboxylic acid groups (broad SMARTS) is 1. The minimum absolute atomic E-state index is 0.403. The van der Waals surface area contributed by atoms with Gasteiger partial charge in [-0.2, -0.15) is 0 Å². The summed E-state index contributed by atoms with van der Waals surface area (Å²) in [5, 5.41) is 9.58. The fraction of sp³-hybridized carbons (Fsp3) is 0.917. The van der Waals surface area contributed by atoms with E-state index in [-0.39, 0.29) is 0 Å². The van der Waals surface area contributed by atoms with Crippen molar-refractivity contribution in [3.8, 4) is 0 Å². The van der Waals surface area contributed by atoms with Gasteiger partial charge in [-0.25, -0.2) is 0 Å². The number of carboxylic acids is 1. The summed E-state index contributed by atoms with van der Waals surface area (Å²) >= 11 is 0. The Bertz CT molecular complexity index is 262. The summed E-state index contributed by atoms with van der Waals surface area (Å²) in [5.41, 5.74) is -0.521. The van der Waals surface area contributed by atoms with Gasteiger partial charge in [0.2, 0.25) is 0 Å². The zero-order chi connectivity index (χ0) is 11.1. The normalized spacial score (nSPS) is 38.9.